The molecule has 0 spiro atoms. The van der Waals surface area contributed by atoms with Gasteiger partial charge in [-0.25, -0.2) is 13.6 Å². The average molecular weight is 387 g/mol. The molecule has 3 N–H and O–H groups in total. The van der Waals surface area contributed by atoms with Crippen molar-refractivity contribution >= 4 is 17.9 Å². The van der Waals surface area contributed by atoms with Crippen LogP contribution >= 0.6 is 0 Å². The lowest BCUT2D eigenvalue weighted by Gasteiger charge is -2.35. The first kappa shape index (κ1) is 19.8. The fourth-order valence-corrected chi connectivity index (χ4v) is 4.31. The minimum atomic E-state index is -2.63. The molecule has 2 aliphatic carbocycles. The topological polar surface area (TPSA) is 102 Å². The van der Waals surface area contributed by atoms with E-state index >= 15 is 0 Å². The molecular formula is C18H27F2N3O4. The summed E-state index contributed by atoms with van der Waals surface area (Å²) in [5, 5.41) is 2.58. The highest BCUT2D eigenvalue weighted by molar-refractivity contribution is 5.91. The molecule has 0 radical (unpaired) electrons. The first-order valence-corrected chi connectivity index (χ1v) is 9.37. The number of hydrogen-bond donors (Lipinski definition) is 2. The molecule has 3 amide bonds. The van der Waals surface area contributed by atoms with E-state index in [1.807, 2.05) is 0 Å². The van der Waals surface area contributed by atoms with Gasteiger partial charge in [0, 0.05) is 18.4 Å². The summed E-state index contributed by atoms with van der Waals surface area (Å²) >= 11 is 0. The van der Waals surface area contributed by atoms with Gasteiger partial charge >= 0.3 is 6.09 Å². The van der Waals surface area contributed by atoms with Gasteiger partial charge in [-0.1, -0.05) is 20.8 Å². The first-order chi connectivity index (χ1) is 12.4. The second-order valence-electron chi connectivity index (χ2n) is 8.92. The molecule has 3 aliphatic rings. The molecule has 1 heterocycles. The van der Waals surface area contributed by atoms with E-state index in [0.29, 0.717) is 19.4 Å². The number of nitrogens with two attached hydrogens (primary N) is 1. The molecule has 27 heavy (non-hydrogen) atoms. The molecule has 3 rings (SSSR count). The summed E-state index contributed by atoms with van der Waals surface area (Å²) in [5.74, 6) is -4.98. The number of halogens is 2. The van der Waals surface area contributed by atoms with Crippen LogP contribution in [0.4, 0.5) is 13.6 Å². The third-order valence-corrected chi connectivity index (χ3v) is 5.91. The number of likely N-dealkylation sites (tertiary alicyclic amines) is 1. The summed E-state index contributed by atoms with van der Waals surface area (Å²) < 4.78 is 31.8. The van der Waals surface area contributed by atoms with Crippen LogP contribution < -0.4 is 11.1 Å². The van der Waals surface area contributed by atoms with Crippen LogP contribution in [0.5, 0.6) is 0 Å². The molecule has 0 aromatic heterocycles. The predicted octanol–water partition coefficient (Wildman–Crippen LogP) is 1.65. The number of hydrogen-bond acceptors (Lipinski definition) is 4. The van der Waals surface area contributed by atoms with Crippen molar-refractivity contribution in [3.63, 3.8) is 0 Å². The smallest absolute Gasteiger partial charge is 0.408 e. The summed E-state index contributed by atoms with van der Waals surface area (Å²) in [6.45, 7) is 5.76. The van der Waals surface area contributed by atoms with E-state index < -0.39 is 53.4 Å². The van der Waals surface area contributed by atoms with Crippen LogP contribution in [0.15, 0.2) is 0 Å². The Bertz CT molecular complexity index is 635. The minimum absolute atomic E-state index is 0.148. The number of fused-ring (bicyclic) bond motifs is 1. The number of alkyl carbamates (subject to hydrolysis) is 1. The fourth-order valence-electron chi connectivity index (χ4n) is 4.31. The van der Waals surface area contributed by atoms with E-state index in [9.17, 15) is 23.2 Å². The van der Waals surface area contributed by atoms with Crippen LogP contribution in [0.2, 0.25) is 0 Å². The lowest BCUT2D eigenvalue weighted by atomic mass is 9.85. The molecule has 9 heteroatoms. The lowest BCUT2D eigenvalue weighted by Crippen LogP contribution is -2.57. The summed E-state index contributed by atoms with van der Waals surface area (Å²) in [5.41, 5.74) is 4.74. The van der Waals surface area contributed by atoms with E-state index in [1.165, 1.54) is 4.90 Å². The Balaban J connectivity index is 1.61. The molecule has 2 saturated carbocycles. The van der Waals surface area contributed by atoms with Crippen LogP contribution in [0.1, 0.15) is 46.5 Å². The monoisotopic (exact) mass is 387 g/mol. The second kappa shape index (κ2) is 6.60. The Hall–Kier alpha value is -1.93. The van der Waals surface area contributed by atoms with Gasteiger partial charge in [0.05, 0.1) is 0 Å². The molecule has 0 aromatic rings. The van der Waals surface area contributed by atoms with Gasteiger partial charge in [-0.05, 0) is 31.1 Å². The van der Waals surface area contributed by atoms with Gasteiger partial charge in [-0.15, -0.1) is 0 Å². The quantitative estimate of drug-likeness (QED) is 0.766. The summed E-state index contributed by atoms with van der Waals surface area (Å²) in [6.07, 6.45) is 0.110. The van der Waals surface area contributed by atoms with Crippen molar-refractivity contribution in [1.82, 2.24) is 10.2 Å². The van der Waals surface area contributed by atoms with Crippen molar-refractivity contribution < 1.29 is 27.9 Å². The number of nitrogens with zero attached hydrogens (tertiary/aromatic N) is 1. The Labute approximate surface area is 157 Å². The Morgan fingerprint density at radius 2 is 1.81 bits per heavy atom. The van der Waals surface area contributed by atoms with E-state index in [0.717, 1.165) is 0 Å². The third-order valence-electron chi connectivity index (χ3n) is 5.91. The largest absolute Gasteiger partial charge is 0.446 e. The number of carbonyl (C=O) groups is 3. The van der Waals surface area contributed by atoms with Crippen LogP contribution in [0.3, 0.4) is 0 Å². The Morgan fingerprint density at radius 1 is 1.22 bits per heavy atom. The maximum Gasteiger partial charge on any atom is 0.408 e. The molecule has 5 atom stereocenters. The van der Waals surface area contributed by atoms with Gasteiger partial charge in [0.15, 0.2) is 0 Å². The van der Waals surface area contributed by atoms with E-state index in [2.05, 4.69) is 5.32 Å². The Morgan fingerprint density at radius 3 is 2.33 bits per heavy atom. The van der Waals surface area contributed by atoms with E-state index in [4.69, 9.17) is 10.5 Å². The van der Waals surface area contributed by atoms with E-state index in [1.54, 1.807) is 20.8 Å². The molecule has 0 aromatic carbocycles. The molecule has 0 bridgehead atoms. The highest BCUT2D eigenvalue weighted by Gasteiger charge is 2.72. The van der Waals surface area contributed by atoms with Crippen LogP contribution in [0, 0.1) is 17.3 Å². The molecular weight excluding hydrogens is 360 g/mol. The van der Waals surface area contributed by atoms with Crippen molar-refractivity contribution in [2.75, 3.05) is 6.54 Å². The van der Waals surface area contributed by atoms with Gasteiger partial charge in [0.2, 0.25) is 11.8 Å². The second-order valence-corrected chi connectivity index (χ2v) is 8.92. The summed E-state index contributed by atoms with van der Waals surface area (Å²) in [7, 11) is 0. The van der Waals surface area contributed by atoms with Crippen molar-refractivity contribution in [3.05, 3.63) is 0 Å². The fraction of sp³-hybridized carbons (Fsp3) is 0.833. The number of ether oxygens (including phenoxy) is 1. The third kappa shape index (κ3) is 3.73. The van der Waals surface area contributed by atoms with Gasteiger partial charge in [0.1, 0.15) is 18.2 Å². The van der Waals surface area contributed by atoms with Gasteiger partial charge in [-0.3, -0.25) is 9.59 Å². The van der Waals surface area contributed by atoms with Crippen molar-refractivity contribution in [1.29, 1.82) is 0 Å². The van der Waals surface area contributed by atoms with Crippen LogP contribution in [0.25, 0.3) is 0 Å². The summed E-state index contributed by atoms with van der Waals surface area (Å²) in [6, 6.07) is -1.59. The first-order valence-electron chi connectivity index (χ1n) is 9.37. The maximum atomic E-state index is 13.3. The molecule has 3 fully saturated rings. The predicted molar refractivity (Wildman–Crippen MR) is 91.7 cm³/mol. The van der Waals surface area contributed by atoms with Crippen LogP contribution in [-0.2, 0) is 14.3 Å². The van der Waals surface area contributed by atoms with E-state index in [-0.39, 0.29) is 18.7 Å². The van der Waals surface area contributed by atoms with Gasteiger partial charge in [0.25, 0.3) is 5.92 Å². The maximum absolute atomic E-state index is 13.3. The number of rotatable bonds is 4. The zero-order valence-corrected chi connectivity index (χ0v) is 15.8. The standard InChI is InChI=1S/C18H27F2N3O4/c1-17(2,3)13(15(25)23-6-4-5-12(23)14(21)24)22-16(26)27-9-7-10-11(8-9)18(10,19)20/h9-13H,4-8H2,1-3H3,(H2,21,24)(H,22,26)/t9?,10-,11+,12-,13+/m0/s1. The van der Waals surface area contributed by atoms with Crippen molar-refractivity contribution in [3.8, 4) is 0 Å². The molecule has 152 valence electrons. The number of nitrogens with one attached hydrogen (secondary N) is 1. The highest BCUT2D eigenvalue weighted by atomic mass is 19.3. The van der Waals surface area contributed by atoms with Crippen molar-refractivity contribution in [2.24, 2.45) is 23.0 Å². The number of primary amides is 1. The molecule has 7 nitrogen and oxygen atoms in total. The Kier molecular flexibility index (Phi) is 4.84. The highest BCUT2D eigenvalue weighted by Crippen LogP contribution is 2.64. The van der Waals surface area contributed by atoms with Crippen LogP contribution in [-0.4, -0.2) is 53.5 Å². The molecule has 1 unspecified atom stereocenters. The zero-order chi connectivity index (χ0) is 20.1. The van der Waals surface area contributed by atoms with Gasteiger partial charge in [-0.2, -0.15) is 0 Å². The number of amides is 3. The van der Waals surface area contributed by atoms with Gasteiger partial charge < -0.3 is 20.7 Å². The SMILES string of the molecule is CC(C)(C)[C@H](NC(=O)OC1C[C@@H]2[C@H](C1)C2(F)F)C(=O)N1CCC[C@H]1C(N)=O. The minimum Gasteiger partial charge on any atom is -0.446 e. The molecule has 1 saturated heterocycles. The average Bonchev–Trinajstić information content (AvgIpc) is 3.01. The number of carbonyl (C=O) groups excluding carboxylic acids is 3. The molecule has 1 aliphatic heterocycles. The normalized spacial score (nSPS) is 32.6. The number of alkyl halides is 2. The summed E-state index contributed by atoms with van der Waals surface area (Å²) in [4.78, 5) is 38.3. The zero-order valence-electron chi connectivity index (χ0n) is 15.8. The lowest BCUT2D eigenvalue weighted by molar-refractivity contribution is -0.141. The van der Waals surface area contributed by atoms with Crippen molar-refractivity contribution in [2.45, 2.75) is 70.6 Å².